The van der Waals surface area contributed by atoms with Crippen molar-refractivity contribution in [2.45, 2.75) is 47.6 Å². The van der Waals surface area contributed by atoms with Crippen LogP contribution in [0.1, 0.15) is 54.5 Å². The SMILES string of the molecule is CCOC(=O)c1c(C=CC(=O)NCCCN(CC)S(C)(=O)=O)c(C)n(CC)c1C. The fraction of sp³-hybridized carbons (Fsp3) is 0.600. The highest BCUT2D eigenvalue weighted by Gasteiger charge is 2.22. The van der Waals surface area contributed by atoms with E-state index < -0.39 is 16.0 Å². The van der Waals surface area contributed by atoms with Crippen molar-refractivity contribution in [2.24, 2.45) is 0 Å². The molecule has 0 aromatic carbocycles. The Hall–Kier alpha value is -2.13. The van der Waals surface area contributed by atoms with E-state index >= 15 is 0 Å². The molecular formula is C20H33N3O5S. The van der Waals surface area contributed by atoms with Crippen LogP contribution in [0.5, 0.6) is 0 Å². The van der Waals surface area contributed by atoms with Crippen LogP contribution < -0.4 is 5.32 Å². The highest BCUT2D eigenvalue weighted by atomic mass is 32.2. The molecule has 29 heavy (non-hydrogen) atoms. The predicted octanol–water partition coefficient (Wildman–Crippen LogP) is 2.10. The second-order valence-electron chi connectivity index (χ2n) is 6.66. The number of carbonyl (C=O) groups excluding carboxylic acids is 2. The number of nitrogens with zero attached hydrogens (tertiary/aromatic N) is 2. The Morgan fingerprint density at radius 2 is 1.83 bits per heavy atom. The maximum Gasteiger partial charge on any atom is 0.340 e. The molecule has 0 unspecified atom stereocenters. The summed E-state index contributed by atoms with van der Waals surface area (Å²) in [4.78, 5) is 24.5. The number of amides is 1. The smallest absolute Gasteiger partial charge is 0.340 e. The number of nitrogens with one attached hydrogen (secondary N) is 1. The molecule has 0 aliphatic heterocycles. The molecule has 0 bridgehead atoms. The predicted molar refractivity (Wildman–Crippen MR) is 114 cm³/mol. The zero-order chi connectivity index (χ0) is 22.2. The van der Waals surface area contributed by atoms with Crippen molar-refractivity contribution in [3.05, 3.63) is 28.6 Å². The van der Waals surface area contributed by atoms with Crippen LogP contribution in [0.25, 0.3) is 6.08 Å². The van der Waals surface area contributed by atoms with E-state index in [1.807, 2.05) is 25.3 Å². The molecule has 0 aliphatic rings. The van der Waals surface area contributed by atoms with E-state index in [1.54, 1.807) is 19.9 Å². The second kappa shape index (κ2) is 11.2. The molecule has 1 N–H and O–H groups in total. The van der Waals surface area contributed by atoms with Crippen LogP contribution >= 0.6 is 0 Å². The minimum Gasteiger partial charge on any atom is -0.462 e. The zero-order valence-corrected chi connectivity index (χ0v) is 19.1. The van der Waals surface area contributed by atoms with Crippen molar-refractivity contribution in [3.8, 4) is 0 Å². The fourth-order valence-electron chi connectivity index (χ4n) is 3.29. The van der Waals surface area contributed by atoms with Crippen LogP contribution in [-0.4, -0.2) is 61.7 Å². The topological polar surface area (TPSA) is 97.7 Å². The van der Waals surface area contributed by atoms with Crippen molar-refractivity contribution in [3.63, 3.8) is 0 Å². The van der Waals surface area contributed by atoms with E-state index in [9.17, 15) is 18.0 Å². The molecule has 1 aromatic rings. The lowest BCUT2D eigenvalue weighted by Crippen LogP contribution is -2.33. The van der Waals surface area contributed by atoms with Crippen LogP contribution in [0.2, 0.25) is 0 Å². The third-order valence-corrected chi connectivity index (χ3v) is 6.11. The van der Waals surface area contributed by atoms with Crippen molar-refractivity contribution in [1.29, 1.82) is 0 Å². The maximum atomic E-state index is 12.4. The molecule has 1 heterocycles. The Kier molecular flexibility index (Phi) is 9.58. The number of rotatable bonds is 11. The molecule has 0 spiro atoms. The molecule has 164 valence electrons. The molecule has 9 heteroatoms. The van der Waals surface area contributed by atoms with Gasteiger partial charge in [0.05, 0.1) is 18.4 Å². The molecule has 0 saturated carbocycles. The van der Waals surface area contributed by atoms with Gasteiger partial charge >= 0.3 is 5.97 Å². The summed E-state index contributed by atoms with van der Waals surface area (Å²) >= 11 is 0. The summed E-state index contributed by atoms with van der Waals surface area (Å²) < 4.78 is 31.7. The quantitative estimate of drug-likeness (QED) is 0.331. The molecule has 0 aliphatic carbocycles. The van der Waals surface area contributed by atoms with Crippen LogP contribution in [0.15, 0.2) is 6.08 Å². The van der Waals surface area contributed by atoms with Gasteiger partial charge in [-0.1, -0.05) is 6.92 Å². The molecule has 1 amide bonds. The van der Waals surface area contributed by atoms with Crippen molar-refractivity contribution >= 4 is 28.0 Å². The van der Waals surface area contributed by atoms with Crippen LogP contribution in [-0.2, 0) is 26.1 Å². The Balaban J connectivity index is 2.82. The lowest BCUT2D eigenvalue weighted by molar-refractivity contribution is -0.116. The van der Waals surface area contributed by atoms with E-state index in [0.717, 1.165) is 11.4 Å². The third-order valence-electron chi connectivity index (χ3n) is 4.73. The van der Waals surface area contributed by atoms with Crippen molar-refractivity contribution in [2.75, 3.05) is 32.5 Å². The molecule has 0 atom stereocenters. The Labute approximate surface area is 174 Å². The summed E-state index contributed by atoms with van der Waals surface area (Å²) in [6.07, 6.45) is 4.70. The number of esters is 1. The average molecular weight is 428 g/mol. The van der Waals surface area contributed by atoms with Gasteiger partial charge < -0.3 is 14.6 Å². The van der Waals surface area contributed by atoms with Gasteiger partial charge in [0.2, 0.25) is 15.9 Å². The van der Waals surface area contributed by atoms with Gasteiger partial charge in [-0.2, -0.15) is 0 Å². The molecule has 8 nitrogen and oxygen atoms in total. The highest BCUT2D eigenvalue weighted by Crippen LogP contribution is 2.24. The molecular weight excluding hydrogens is 394 g/mol. The summed E-state index contributed by atoms with van der Waals surface area (Å²) in [5, 5.41) is 2.74. The summed E-state index contributed by atoms with van der Waals surface area (Å²) in [7, 11) is -3.23. The lowest BCUT2D eigenvalue weighted by atomic mass is 10.1. The van der Waals surface area contributed by atoms with Crippen LogP contribution in [0.4, 0.5) is 0 Å². The number of hydrogen-bond donors (Lipinski definition) is 1. The summed E-state index contributed by atoms with van der Waals surface area (Å²) in [5.41, 5.74) is 2.85. The van der Waals surface area contributed by atoms with Gasteiger partial charge in [-0.25, -0.2) is 17.5 Å². The number of sulfonamides is 1. The first-order chi connectivity index (χ1) is 13.6. The Morgan fingerprint density at radius 1 is 1.17 bits per heavy atom. The van der Waals surface area contributed by atoms with Gasteiger partial charge in [-0.3, -0.25) is 4.79 Å². The fourth-order valence-corrected chi connectivity index (χ4v) is 4.22. The summed E-state index contributed by atoms with van der Waals surface area (Å²) in [6, 6.07) is 0. The monoisotopic (exact) mass is 427 g/mol. The largest absolute Gasteiger partial charge is 0.462 e. The molecule has 0 saturated heterocycles. The van der Waals surface area contributed by atoms with Gasteiger partial charge in [0.25, 0.3) is 0 Å². The molecule has 0 fully saturated rings. The first-order valence-corrected chi connectivity index (χ1v) is 11.7. The zero-order valence-electron chi connectivity index (χ0n) is 18.2. The maximum absolute atomic E-state index is 12.4. The van der Waals surface area contributed by atoms with Crippen molar-refractivity contribution in [1.82, 2.24) is 14.2 Å². The molecule has 1 aromatic heterocycles. The van der Waals surface area contributed by atoms with Crippen LogP contribution in [0, 0.1) is 13.8 Å². The minimum absolute atomic E-state index is 0.278. The highest BCUT2D eigenvalue weighted by molar-refractivity contribution is 7.88. The average Bonchev–Trinajstić information content (AvgIpc) is 2.88. The third kappa shape index (κ3) is 6.71. The number of hydrogen-bond acceptors (Lipinski definition) is 5. The summed E-state index contributed by atoms with van der Waals surface area (Å²) in [5.74, 6) is -0.704. The normalized spacial score (nSPS) is 12.0. The standard InChI is InChI=1S/C20H33N3O5S/c1-7-22(29(6,26)27)14-10-13-21-18(24)12-11-17-15(4)23(8-2)16(5)19(17)20(25)28-9-3/h11-12H,7-10,13-14H2,1-6H3,(H,21,24). The summed E-state index contributed by atoms with van der Waals surface area (Å²) in [6.45, 7) is 11.4. The van der Waals surface area contributed by atoms with Gasteiger partial charge in [0, 0.05) is 49.2 Å². The van der Waals surface area contributed by atoms with E-state index in [4.69, 9.17) is 4.74 Å². The number of ether oxygens (including phenoxy) is 1. The van der Waals surface area contributed by atoms with Crippen LogP contribution in [0.3, 0.4) is 0 Å². The van der Waals surface area contributed by atoms with E-state index in [1.165, 1.54) is 16.6 Å². The molecule has 1 rings (SSSR count). The first kappa shape index (κ1) is 24.9. The first-order valence-electron chi connectivity index (χ1n) is 9.86. The van der Waals surface area contributed by atoms with Crippen molar-refractivity contribution < 1.29 is 22.7 Å². The minimum atomic E-state index is -3.23. The van der Waals surface area contributed by atoms with E-state index in [0.29, 0.717) is 43.7 Å². The van der Waals surface area contributed by atoms with Gasteiger partial charge in [-0.05, 0) is 40.2 Å². The van der Waals surface area contributed by atoms with E-state index in [-0.39, 0.29) is 12.5 Å². The number of carbonyl (C=O) groups is 2. The van der Waals surface area contributed by atoms with Gasteiger partial charge in [-0.15, -0.1) is 0 Å². The van der Waals surface area contributed by atoms with Gasteiger partial charge in [0.15, 0.2) is 0 Å². The Morgan fingerprint density at radius 3 is 2.34 bits per heavy atom. The second-order valence-corrected chi connectivity index (χ2v) is 8.64. The lowest BCUT2D eigenvalue weighted by Gasteiger charge is -2.17. The molecule has 0 radical (unpaired) electrons. The van der Waals surface area contributed by atoms with E-state index in [2.05, 4.69) is 5.32 Å². The van der Waals surface area contributed by atoms with Gasteiger partial charge in [0.1, 0.15) is 0 Å². The Bertz CT molecular complexity index is 856. The number of aromatic nitrogens is 1.